The summed E-state index contributed by atoms with van der Waals surface area (Å²) in [7, 11) is -2.92. The SMILES string of the molecule is CCNC(=NCCN1CCOCC1)NC(C)CCS(C)(=O)=O.I. The summed E-state index contributed by atoms with van der Waals surface area (Å²) in [6.07, 6.45) is 1.84. The fourth-order valence-electron chi connectivity index (χ4n) is 2.14. The first kappa shape index (κ1) is 22.9. The maximum Gasteiger partial charge on any atom is 0.191 e. The zero-order valence-electron chi connectivity index (χ0n) is 14.4. The third kappa shape index (κ3) is 12.0. The summed E-state index contributed by atoms with van der Waals surface area (Å²) in [6.45, 7) is 9.91. The fraction of sp³-hybridized carbons (Fsp3) is 0.929. The van der Waals surface area contributed by atoms with Gasteiger partial charge in [-0.1, -0.05) is 0 Å². The van der Waals surface area contributed by atoms with Crippen molar-refractivity contribution in [2.45, 2.75) is 26.3 Å². The van der Waals surface area contributed by atoms with Crippen LogP contribution in [0.15, 0.2) is 4.99 Å². The number of hydrogen-bond acceptors (Lipinski definition) is 5. The fourth-order valence-corrected chi connectivity index (χ4v) is 2.93. The molecule has 0 aliphatic carbocycles. The van der Waals surface area contributed by atoms with Crippen LogP contribution in [0.2, 0.25) is 0 Å². The van der Waals surface area contributed by atoms with E-state index >= 15 is 0 Å². The minimum absolute atomic E-state index is 0. The molecule has 138 valence electrons. The lowest BCUT2D eigenvalue weighted by molar-refractivity contribution is 0.0394. The summed E-state index contributed by atoms with van der Waals surface area (Å²) in [5, 5.41) is 6.45. The molecule has 0 amide bonds. The summed E-state index contributed by atoms with van der Waals surface area (Å²) >= 11 is 0. The topological polar surface area (TPSA) is 83.0 Å². The van der Waals surface area contributed by atoms with Crippen LogP contribution in [0.5, 0.6) is 0 Å². The summed E-state index contributed by atoms with van der Waals surface area (Å²) in [5.74, 6) is 0.936. The molecule has 0 saturated carbocycles. The molecule has 0 bridgehead atoms. The molecule has 1 aliphatic heterocycles. The van der Waals surface area contributed by atoms with Gasteiger partial charge in [-0.2, -0.15) is 0 Å². The van der Waals surface area contributed by atoms with Gasteiger partial charge in [-0.15, -0.1) is 24.0 Å². The van der Waals surface area contributed by atoms with Gasteiger partial charge in [0.15, 0.2) is 5.96 Å². The van der Waals surface area contributed by atoms with Crippen molar-refractivity contribution >= 4 is 39.8 Å². The van der Waals surface area contributed by atoms with Crippen LogP contribution >= 0.6 is 24.0 Å². The van der Waals surface area contributed by atoms with Crippen molar-refractivity contribution in [3.8, 4) is 0 Å². The third-order valence-corrected chi connectivity index (χ3v) is 4.42. The Balaban J connectivity index is 0.00000484. The lowest BCUT2D eigenvalue weighted by atomic mass is 10.3. The molecule has 7 nitrogen and oxygen atoms in total. The maximum atomic E-state index is 11.2. The van der Waals surface area contributed by atoms with Crippen molar-refractivity contribution in [1.82, 2.24) is 15.5 Å². The first-order valence-electron chi connectivity index (χ1n) is 7.93. The molecular formula is C14H31IN4O3S. The third-order valence-electron chi connectivity index (χ3n) is 3.44. The highest BCUT2D eigenvalue weighted by molar-refractivity contribution is 14.0. The van der Waals surface area contributed by atoms with Crippen molar-refractivity contribution in [3.63, 3.8) is 0 Å². The number of sulfone groups is 1. The monoisotopic (exact) mass is 462 g/mol. The van der Waals surface area contributed by atoms with Crippen molar-refractivity contribution in [3.05, 3.63) is 0 Å². The maximum absolute atomic E-state index is 11.2. The van der Waals surface area contributed by atoms with E-state index in [4.69, 9.17) is 4.74 Å². The van der Waals surface area contributed by atoms with Crippen molar-refractivity contribution in [1.29, 1.82) is 0 Å². The molecule has 0 spiro atoms. The number of rotatable bonds is 8. The first-order valence-corrected chi connectivity index (χ1v) is 9.99. The number of guanidine groups is 1. The highest BCUT2D eigenvalue weighted by Gasteiger charge is 2.11. The number of halogens is 1. The molecule has 9 heteroatoms. The average molecular weight is 462 g/mol. The minimum atomic E-state index is -2.92. The van der Waals surface area contributed by atoms with Gasteiger partial charge < -0.3 is 15.4 Å². The van der Waals surface area contributed by atoms with Crippen LogP contribution in [0.4, 0.5) is 0 Å². The zero-order chi connectivity index (χ0) is 16.4. The largest absolute Gasteiger partial charge is 0.379 e. The minimum Gasteiger partial charge on any atom is -0.379 e. The molecule has 1 fully saturated rings. The zero-order valence-corrected chi connectivity index (χ0v) is 17.5. The van der Waals surface area contributed by atoms with Crippen LogP contribution < -0.4 is 10.6 Å². The summed E-state index contributed by atoms with van der Waals surface area (Å²) in [4.78, 5) is 6.89. The van der Waals surface area contributed by atoms with Crippen LogP contribution in [-0.2, 0) is 14.6 Å². The van der Waals surface area contributed by atoms with E-state index in [0.717, 1.165) is 45.4 Å². The molecule has 1 unspecified atom stereocenters. The van der Waals surface area contributed by atoms with Crippen LogP contribution in [0.1, 0.15) is 20.3 Å². The predicted octanol–water partition coefficient (Wildman–Crippen LogP) is 0.315. The Kier molecular flexibility index (Phi) is 12.2. The Hall–Kier alpha value is -0.130. The number of morpholine rings is 1. The summed E-state index contributed by atoms with van der Waals surface area (Å²) in [6, 6.07) is 0.0657. The average Bonchev–Trinajstić information content (AvgIpc) is 2.46. The van der Waals surface area contributed by atoms with Gasteiger partial charge in [0, 0.05) is 38.5 Å². The second-order valence-corrected chi connectivity index (χ2v) is 7.94. The molecule has 0 radical (unpaired) electrons. The molecule has 1 aliphatic rings. The van der Waals surface area contributed by atoms with E-state index in [9.17, 15) is 8.42 Å². The Morgan fingerprint density at radius 2 is 2.00 bits per heavy atom. The predicted molar refractivity (Wildman–Crippen MR) is 106 cm³/mol. The van der Waals surface area contributed by atoms with E-state index in [2.05, 4.69) is 20.5 Å². The van der Waals surface area contributed by atoms with Gasteiger partial charge in [-0.25, -0.2) is 8.42 Å². The Labute approximate surface area is 157 Å². The molecule has 23 heavy (non-hydrogen) atoms. The van der Waals surface area contributed by atoms with Gasteiger partial charge in [-0.05, 0) is 20.3 Å². The first-order chi connectivity index (χ1) is 10.4. The number of hydrogen-bond donors (Lipinski definition) is 2. The molecule has 1 heterocycles. The lowest BCUT2D eigenvalue weighted by Crippen LogP contribution is -2.43. The molecular weight excluding hydrogens is 431 g/mol. The molecule has 1 atom stereocenters. The molecule has 1 saturated heterocycles. The van der Waals surface area contributed by atoms with Gasteiger partial charge in [-0.3, -0.25) is 9.89 Å². The number of ether oxygens (including phenoxy) is 1. The summed E-state index contributed by atoms with van der Waals surface area (Å²) < 4.78 is 27.7. The van der Waals surface area contributed by atoms with Gasteiger partial charge in [0.1, 0.15) is 9.84 Å². The van der Waals surface area contributed by atoms with E-state index in [1.165, 1.54) is 6.26 Å². The van der Waals surface area contributed by atoms with Gasteiger partial charge in [0.05, 0.1) is 25.5 Å². The summed E-state index contributed by atoms with van der Waals surface area (Å²) in [5.41, 5.74) is 0. The van der Waals surface area contributed by atoms with Gasteiger partial charge in [0.2, 0.25) is 0 Å². The molecule has 0 aromatic carbocycles. The quantitative estimate of drug-likeness (QED) is 0.307. The lowest BCUT2D eigenvalue weighted by Gasteiger charge is -2.26. The molecule has 0 aromatic rings. The van der Waals surface area contributed by atoms with Crippen molar-refractivity contribution in [2.24, 2.45) is 4.99 Å². The Morgan fingerprint density at radius 3 is 2.57 bits per heavy atom. The normalized spacial score (nSPS) is 18.1. The van der Waals surface area contributed by atoms with E-state index in [1.807, 2.05) is 13.8 Å². The second kappa shape index (κ2) is 12.3. The van der Waals surface area contributed by atoms with E-state index in [0.29, 0.717) is 13.0 Å². The van der Waals surface area contributed by atoms with Crippen LogP contribution in [-0.4, -0.2) is 83.3 Å². The molecule has 2 N–H and O–H groups in total. The number of aliphatic imine (C=N–C) groups is 1. The van der Waals surface area contributed by atoms with Crippen LogP contribution in [0, 0.1) is 0 Å². The highest BCUT2D eigenvalue weighted by Crippen LogP contribution is 1.97. The smallest absolute Gasteiger partial charge is 0.191 e. The number of nitrogens with one attached hydrogen (secondary N) is 2. The van der Waals surface area contributed by atoms with Gasteiger partial charge in [0.25, 0.3) is 0 Å². The van der Waals surface area contributed by atoms with Crippen molar-refractivity contribution < 1.29 is 13.2 Å². The molecule has 1 rings (SSSR count). The Bertz CT molecular complexity index is 439. The Morgan fingerprint density at radius 1 is 1.35 bits per heavy atom. The van der Waals surface area contributed by atoms with Crippen molar-refractivity contribution in [2.75, 3.05) is 57.9 Å². The van der Waals surface area contributed by atoms with Crippen LogP contribution in [0.25, 0.3) is 0 Å². The molecule has 0 aromatic heterocycles. The van der Waals surface area contributed by atoms with Crippen LogP contribution in [0.3, 0.4) is 0 Å². The van der Waals surface area contributed by atoms with E-state index in [-0.39, 0.29) is 35.8 Å². The highest BCUT2D eigenvalue weighted by atomic mass is 127. The number of nitrogens with zero attached hydrogens (tertiary/aromatic N) is 2. The van der Waals surface area contributed by atoms with Gasteiger partial charge >= 0.3 is 0 Å². The second-order valence-electron chi connectivity index (χ2n) is 5.68. The van der Waals surface area contributed by atoms with E-state index < -0.39 is 9.84 Å². The standard InChI is InChI=1S/C14H30N4O3S.HI/c1-4-15-14(17-13(2)5-12-22(3,19)20)16-6-7-18-8-10-21-11-9-18;/h13H,4-12H2,1-3H3,(H2,15,16,17);1H. The van der Waals surface area contributed by atoms with E-state index in [1.54, 1.807) is 0 Å².